The largest absolute Gasteiger partial charge is 0.423 e. The number of halogens is 1. The maximum atomic E-state index is 12.2. The van der Waals surface area contributed by atoms with Gasteiger partial charge in [0.05, 0.1) is 5.56 Å². The van der Waals surface area contributed by atoms with Crippen LogP contribution in [0.3, 0.4) is 0 Å². The summed E-state index contributed by atoms with van der Waals surface area (Å²) in [4.78, 5) is 11.7. The van der Waals surface area contributed by atoms with E-state index in [0.717, 1.165) is 18.1 Å². The topological polar surface area (TPSA) is 80.7 Å². The van der Waals surface area contributed by atoms with Crippen molar-refractivity contribution in [3.63, 3.8) is 0 Å². The Morgan fingerprint density at radius 1 is 1.17 bits per heavy atom. The van der Waals surface area contributed by atoms with Gasteiger partial charge in [-0.15, -0.1) is 0 Å². The predicted octanol–water partition coefficient (Wildman–Crippen LogP) is 4.04. The molecule has 23 heavy (non-hydrogen) atoms. The summed E-state index contributed by atoms with van der Waals surface area (Å²) in [5, 5.41) is 0. The van der Waals surface area contributed by atoms with Gasteiger partial charge in [-0.3, -0.25) is 4.55 Å². The van der Waals surface area contributed by atoms with Gasteiger partial charge < -0.3 is 4.74 Å². The quantitative estimate of drug-likeness (QED) is 0.247. The molecule has 2 rings (SSSR count). The van der Waals surface area contributed by atoms with Gasteiger partial charge in [-0.2, -0.15) is 8.42 Å². The first-order valence-electron chi connectivity index (χ1n) is 6.85. The summed E-state index contributed by atoms with van der Waals surface area (Å²) < 4.78 is 37.4. The van der Waals surface area contributed by atoms with Crippen molar-refractivity contribution in [2.75, 3.05) is 0 Å². The first-order chi connectivity index (χ1) is 10.8. The van der Waals surface area contributed by atoms with Crippen LogP contribution in [0.4, 0.5) is 0 Å². The molecule has 0 amide bonds. The number of rotatable bonds is 5. The highest BCUT2D eigenvalue weighted by atomic mass is 127. The van der Waals surface area contributed by atoms with Crippen LogP contribution in [0, 0.1) is 0 Å². The standard InChI is InChI=1S/C16H15IO5S/c1-2-14(17)11-7-9-12(10-8-11)22-16(18)13-5-3-4-6-15(13)23(19,20)21/h3-10,14H,2H2,1H3,(H,19,20,21). The van der Waals surface area contributed by atoms with Gasteiger partial charge in [-0.05, 0) is 36.2 Å². The maximum absolute atomic E-state index is 12.2. The van der Waals surface area contributed by atoms with Crippen LogP contribution in [-0.4, -0.2) is 18.9 Å². The van der Waals surface area contributed by atoms with Gasteiger partial charge in [-0.25, -0.2) is 4.79 Å². The Hall–Kier alpha value is -1.45. The molecule has 2 aromatic rings. The van der Waals surface area contributed by atoms with Crippen molar-refractivity contribution in [2.45, 2.75) is 22.2 Å². The van der Waals surface area contributed by atoms with Crippen LogP contribution in [0.5, 0.6) is 5.75 Å². The Morgan fingerprint density at radius 3 is 2.35 bits per heavy atom. The Labute approximate surface area is 148 Å². The Morgan fingerprint density at radius 2 is 1.78 bits per heavy atom. The summed E-state index contributed by atoms with van der Waals surface area (Å²) in [5.74, 6) is -0.531. The van der Waals surface area contributed by atoms with E-state index in [9.17, 15) is 17.8 Å². The molecule has 0 aliphatic rings. The highest BCUT2D eigenvalue weighted by molar-refractivity contribution is 14.1. The van der Waals surface area contributed by atoms with Crippen molar-refractivity contribution in [2.24, 2.45) is 0 Å². The minimum Gasteiger partial charge on any atom is -0.423 e. The van der Waals surface area contributed by atoms with Gasteiger partial charge in [0.15, 0.2) is 0 Å². The second-order valence-corrected chi connectivity index (χ2v) is 7.70. The Bertz CT molecular complexity index is 799. The minimum absolute atomic E-state index is 0.209. The summed E-state index contributed by atoms with van der Waals surface area (Å²) in [5.41, 5.74) is 0.908. The molecule has 7 heteroatoms. The molecule has 122 valence electrons. The molecule has 0 aliphatic heterocycles. The molecule has 1 unspecified atom stereocenters. The Kier molecular flexibility index (Phi) is 5.77. The number of hydrogen-bond donors (Lipinski definition) is 1. The number of ether oxygens (including phenoxy) is 1. The van der Waals surface area contributed by atoms with Gasteiger partial charge in [0, 0.05) is 3.92 Å². The van der Waals surface area contributed by atoms with E-state index in [2.05, 4.69) is 29.5 Å². The fourth-order valence-electron chi connectivity index (χ4n) is 2.00. The number of benzene rings is 2. The van der Waals surface area contributed by atoms with Crippen molar-refractivity contribution < 1.29 is 22.5 Å². The molecule has 2 aromatic carbocycles. The van der Waals surface area contributed by atoms with Crippen LogP contribution in [0.2, 0.25) is 0 Å². The fraction of sp³-hybridized carbons (Fsp3) is 0.188. The normalized spacial score (nSPS) is 12.7. The van der Waals surface area contributed by atoms with E-state index < -0.39 is 21.0 Å². The lowest BCUT2D eigenvalue weighted by Gasteiger charge is -2.10. The van der Waals surface area contributed by atoms with Gasteiger partial charge in [0.25, 0.3) is 10.1 Å². The van der Waals surface area contributed by atoms with Gasteiger partial charge >= 0.3 is 5.97 Å². The molecule has 0 saturated heterocycles. The fourth-order valence-corrected chi connectivity index (χ4v) is 3.10. The summed E-state index contributed by atoms with van der Waals surface area (Å²) in [6.45, 7) is 2.08. The van der Waals surface area contributed by atoms with Crippen molar-refractivity contribution in [1.29, 1.82) is 0 Å². The molecule has 0 saturated carbocycles. The average Bonchev–Trinajstić information content (AvgIpc) is 2.54. The second kappa shape index (κ2) is 7.41. The zero-order valence-corrected chi connectivity index (χ0v) is 15.2. The summed E-state index contributed by atoms with van der Waals surface area (Å²) in [6.07, 6.45) is 0.988. The van der Waals surface area contributed by atoms with Crippen molar-refractivity contribution >= 4 is 38.7 Å². The maximum Gasteiger partial charge on any atom is 0.344 e. The SMILES string of the molecule is CCC(I)c1ccc(OC(=O)c2ccccc2S(=O)(=O)O)cc1. The first-order valence-corrected chi connectivity index (χ1v) is 9.54. The van der Waals surface area contributed by atoms with Crippen molar-refractivity contribution in [3.05, 3.63) is 59.7 Å². The molecule has 0 heterocycles. The third kappa shape index (κ3) is 4.52. The van der Waals surface area contributed by atoms with E-state index in [1.54, 1.807) is 12.1 Å². The molecule has 5 nitrogen and oxygen atoms in total. The third-order valence-electron chi connectivity index (χ3n) is 3.20. The Balaban J connectivity index is 2.23. The van der Waals surface area contributed by atoms with E-state index >= 15 is 0 Å². The molecule has 1 atom stereocenters. The van der Waals surface area contributed by atoms with Crippen LogP contribution in [0.25, 0.3) is 0 Å². The molecular formula is C16H15IO5S. The van der Waals surface area contributed by atoms with E-state index in [0.29, 0.717) is 9.67 Å². The highest BCUT2D eigenvalue weighted by Crippen LogP contribution is 2.28. The van der Waals surface area contributed by atoms with Crippen LogP contribution in [0.1, 0.15) is 33.2 Å². The summed E-state index contributed by atoms with van der Waals surface area (Å²) >= 11 is 2.33. The summed E-state index contributed by atoms with van der Waals surface area (Å²) in [7, 11) is -4.49. The van der Waals surface area contributed by atoms with Crippen LogP contribution < -0.4 is 4.74 Å². The molecule has 0 aliphatic carbocycles. The molecule has 0 radical (unpaired) electrons. The van der Waals surface area contributed by atoms with Crippen molar-refractivity contribution in [3.8, 4) is 5.75 Å². The van der Waals surface area contributed by atoms with E-state index in [1.165, 1.54) is 18.2 Å². The van der Waals surface area contributed by atoms with Crippen molar-refractivity contribution in [1.82, 2.24) is 0 Å². The third-order valence-corrected chi connectivity index (χ3v) is 5.71. The number of carbonyl (C=O) groups excluding carboxylic acids is 1. The lowest BCUT2D eigenvalue weighted by atomic mass is 10.1. The predicted molar refractivity (Wildman–Crippen MR) is 94.7 cm³/mol. The molecule has 0 fully saturated rings. The molecular weight excluding hydrogens is 431 g/mol. The van der Waals surface area contributed by atoms with Gasteiger partial charge in [-0.1, -0.05) is 53.8 Å². The molecule has 1 N–H and O–H groups in total. The zero-order valence-electron chi connectivity index (χ0n) is 12.3. The second-order valence-electron chi connectivity index (χ2n) is 4.81. The molecule has 0 bridgehead atoms. The van der Waals surface area contributed by atoms with Crippen LogP contribution in [0.15, 0.2) is 53.4 Å². The number of alkyl halides is 1. The lowest BCUT2D eigenvalue weighted by molar-refractivity contribution is 0.0730. The monoisotopic (exact) mass is 446 g/mol. The average molecular weight is 446 g/mol. The van der Waals surface area contributed by atoms with E-state index in [-0.39, 0.29) is 5.56 Å². The highest BCUT2D eigenvalue weighted by Gasteiger charge is 2.21. The summed E-state index contributed by atoms with van der Waals surface area (Å²) in [6, 6.07) is 12.4. The lowest BCUT2D eigenvalue weighted by Crippen LogP contribution is -2.13. The smallest absolute Gasteiger partial charge is 0.344 e. The van der Waals surface area contributed by atoms with Gasteiger partial charge in [0.2, 0.25) is 0 Å². The number of carbonyl (C=O) groups is 1. The minimum atomic E-state index is -4.49. The van der Waals surface area contributed by atoms with Crippen LogP contribution in [-0.2, 0) is 10.1 Å². The van der Waals surface area contributed by atoms with E-state index in [4.69, 9.17) is 4.74 Å². The number of esters is 1. The van der Waals surface area contributed by atoms with Crippen LogP contribution >= 0.6 is 22.6 Å². The number of hydrogen-bond acceptors (Lipinski definition) is 4. The van der Waals surface area contributed by atoms with E-state index in [1.807, 2.05) is 12.1 Å². The molecule has 0 spiro atoms. The van der Waals surface area contributed by atoms with Gasteiger partial charge in [0.1, 0.15) is 10.6 Å². The zero-order chi connectivity index (χ0) is 17.0. The molecule has 0 aromatic heterocycles. The first kappa shape index (κ1) is 17.9.